The summed E-state index contributed by atoms with van der Waals surface area (Å²) in [4.78, 5) is 27.4. The zero-order valence-electron chi connectivity index (χ0n) is 13.5. The molecule has 2 aromatic rings. The van der Waals surface area contributed by atoms with Crippen molar-refractivity contribution in [1.29, 1.82) is 0 Å². The van der Waals surface area contributed by atoms with Crippen molar-refractivity contribution >= 4 is 23.6 Å². The van der Waals surface area contributed by atoms with E-state index in [9.17, 15) is 14.7 Å². The number of nitrogens with zero attached hydrogens (tertiary/aromatic N) is 2. The first kappa shape index (κ1) is 18.0. The van der Waals surface area contributed by atoms with E-state index in [1.54, 1.807) is 12.1 Å². The van der Waals surface area contributed by atoms with Crippen LogP contribution in [0.25, 0.3) is 0 Å². The summed E-state index contributed by atoms with van der Waals surface area (Å²) in [7, 11) is 0. The number of aliphatic carboxylic acids is 1. The Hall–Kier alpha value is -2.35. The van der Waals surface area contributed by atoms with Crippen molar-refractivity contribution in [2.45, 2.75) is 37.2 Å². The maximum absolute atomic E-state index is 12.2. The van der Waals surface area contributed by atoms with Gasteiger partial charge in [-0.25, -0.2) is 9.78 Å². The SMILES string of the molecule is CC(C)C[C@H](NC(=O)c1ccc(CSc2ncn[nH]2)cc1)C(=O)O. The van der Waals surface area contributed by atoms with Gasteiger partial charge in [-0.1, -0.05) is 37.7 Å². The minimum atomic E-state index is -1.02. The number of nitrogens with one attached hydrogen (secondary N) is 2. The van der Waals surface area contributed by atoms with Crippen molar-refractivity contribution in [2.24, 2.45) is 5.92 Å². The lowest BCUT2D eigenvalue weighted by molar-refractivity contribution is -0.139. The largest absolute Gasteiger partial charge is 0.480 e. The molecule has 0 aliphatic rings. The molecule has 0 radical (unpaired) electrons. The zero-order valence-corrected chi connectivity index (χ0v) is 14.3. The van der Waals surface area contributed by atoms with E-state index in [0.717, 1.165) is 10.7 Å². The number of carbonyl (C=O) groups is 2. The average Bonchev–Trinajstić information content (AvgIpc) is 3.05. The summed E-state index contributed by atoms with van der Waals surface area (Å²) >= 11 is 1.51. The van der Waals surface area contributed by atoms with Crippen LogP contribution >= 0.6 is 11.8 Å². The number of carboxylic acids is 1. The van der Waals surface area contributed by atoms with Crippen molar-refractivity contribution in [2.75, 3.05) is 0 Å². The molecule has 1 aromatic heterocycles. The highest BCUT2D eigenvalue weighted by Crippen LogP contribution is 2.18. The van der Waals surface area contributed by atoms with Gasteiger partial charge in [0.1, 0.15) is 12.4 Å². The second-order valence-electron chi connectivity index (χ2n) is 5.77. The van der Waals surface area contributed by atoms with Crippen LogP contribution in [0.2, 0.25) is 0 Å². The van der Waals surface area contributed by atoms with E-state index < -0.39 is 12.0 Å². The lowest BCUT2D eigenvalue weighted by Gasteiger charge is -2.16. The van der Waals surface area contributed by atoms with Gasteiger partial charge in [0.2, 0.25) is 0 Å². The first-order chi connectivity index (χ1) is 11.5. The second kappa shape index (κ2) is 8.49. The van der Waals surface area contributed by atoms with Crippen molar-refractivity contribution in [3.63, 3.8) is 0 Å². The van der Waals surface area contributed by atoms with Crippen LogP contribution in [-0.4, -0.2) is 38.2 Å². The fourth-order valence-corrected chi connectivity index (χ4v) is 2.84. The average molecular weight is 348 g/mol. The van der Waals surface area contributed by atoms with E-state index in [1.807, 2.05) is 26.0 Å². The number of thioether (sulfide) groups is 1. The summed E-state index contributed by atoms with van der Waals surface area (Å²) in [6, 6.07) is 6.20. The molecule has 0 aliphatic heterocycles. The van der Waals surface area contributed by atoms with Gasteiger partial charge < -0.3 is 10.4 Å². The van der Waals surface area contributed by atoms with Gasteiger partial charge in [0.15, 0.2) is 5.16 Å². The molecule has 1 amide bonds. The first-order valence-corrected chi connectivity index (χ1v) is 8.55. The van der Waals surface area contributed by atoms with Gasteiger partial charge in [0.05, 0.1) is 0 Å². The topological polar surface area (TPSA) is 108 Å². The predicted octanol–water partition coefficient (Wildman–Crippen LogP) is 2.33. The minimum absolute atomic E-state index is 0.182. The highest BCUT2D eigenvalue weighted by molar-refractivity contribution is 7.98. The predicted molar refractivity (Wildman–Crippen MR) is 90.7 cm³/mol. The van der Waals surface area contributed by atoms with Crippen LogP contribution in [0.4, 0.5) is 0 Å². The van der Waals surface area contributed by atoms with E-state index >= 15 is 0 Å². The fraction of sp³-hybridized carbons (Fsp3) is 0.375. The lowest BCUT2D eigenvalue weighted by Crippen LogP contribution is -2.41. The molecule has 7 nitrogen and oxygen atoms in total. The van der Waals surface area contributed by atoms with Gasteiger partial charge in [-0.15, -0.1) is 0 Å². The van der Waals surface area contributed by atoms with Gasteiger partial charge in [0, 0.05) is 11.3 Å². The van der Waals surface area contributed by atoms with Crippen LogP contribution in [0.1, 0.15) is 36.2 Å². The maximum atomic E-state index is 12.2. The molecule has 0 aliphatic carbocycles. The molecule has 128 valence electrons. The van der Waals surface area contributed by atoms with Crippen LogP contribution in [-0.2, 0) is 10.5 Å². The highest BCUT2D eigenvalue weighted by Gasteiger charge is 2.21. The van der Waals surface area contributed by atoms with Crippen molar-refractivity contribution in [3.8, 4) is 0 Å². The van der Waals surface area contributed by atoms with Gasteiger partial charge >= 0.3 is 5.97 Å². The lowest BCUT2D eigenvalue weighted by atomic mass is 10.0. The Balaban J connectivity index is 1.93. The molecule has 3 N–H and O–H groups in total. The quantitative estimate of drug-likeness (QED) is 0.632. The number of amides is 1. The third-order valence-corrected chi connectivity index (χ3v) is 4.24. The molecule has 0 unspecified atom stereocenters. The molecule has 0 spiro atoms. The van der Waals surface area contributed by atoms with Crippen LogP contribution in [0.5, 0.6) is 0 Å². The fourth-order valence-electron chi connectivity index (χ4n) is 2.10. The standard InChI is InChI=1S/C16H20N4O3S/c1-10(2)7-13(15(22)23)19-14(21)12-5-3-11(4-6-12)8-24-16-17-9-18-20-16/h3-6,9-10,13H,7-8H2,1-2H3,(H,19,21)(H,22,23)(H,17,18,20)/t13-/m0/s1. The van der Waals surface area contributed by atoms with Gasteiger partial charge in [0.25, 0.3) is 5.91 Å². The summed E-state index contributed by atoms with van der Waals surface area (Å²) in [6.45, 7) is 3.84. The third-order valence-electron chi connectivity index (χ3n) is 3.30. The minimum Gasteiger partial charge on any atom is -0.480 e. The van der Waals surface area contributed by atoms with E-state index in [2.05, 4.69) is 20.5 Å². The molecule has 2 rings (SSSR count). The van der Waals surface area contributed by atoms with Crippen LogP contribution in [0, 0.1) is 5.92 Å². The highest BCUT2D eigenvalue weighted by atomic mass is 32.2. The Morgan fingerprint density at radius 3 is 2.54 bits per heavy atom. The van der Waals surface area contributed by atoms with Crippen LogP contribution < -0.4 is 5.32 Å². The molecule has 24 heavy (non-hydrogen) atoms. The number of aromatic nitrogens is 3. The zero-order chi connectivity index (χ0) is 17.5. The molecule has 0 saturated heterocycles. The van der Waals surface area contributed by atoms with E-state index in [1.165, 1.54) is 18.1 Å². The van der Waals surface area contributed by atoms with E-state index in [0.29, 0.717) is 17.7 Å². The number of carboxylic acid groups (broad SMARTS) is 1. The number of hydrogen-bond donors (Lipinski definition) is 3. The summed E-state index contributed by atoms with van der Waals surface area (Å²) < 4.78 is 0. The van der Waals surface area contributed by atoms with Gasteiger partial charge in [-0.3, -0.25) is 9.89 Å². The summed E-state index contributed by atoms with van der Waals surface area (Å²) in [5.41, 5.74) is 1.48. The monoisotopic (exact) mass is 348 g/mol. The molecule has 0 fully saturated rings. The Kier molecular flexibility index (Phi) is 6.36. The van der Waals surface area contributed by atoms with Crippen LogP contribution in [0.15, 0.2) is 35.7 Å². The van der Waals surface area contributed by atoms with E-state index in [-0.39, 0.29) is 11.8 Å². The van der Waals surface area contributed by atoms with Gasteiger partial charge in [-0.2, -0.15) is 5.10 Å². The second-order valence-corrected chi connectivity index (χ2v) is 6.73. The smallest absolute Gasteiger partial charge is 0.326 e. The Bertz CT molecular complexity index is 671. The summed E-state index contributed by atoms with van der Waals surface area (Å²) in [5, 5.41) is 19.0. The molecule has 0 saturated carbocycles. The number of H-pyrrole nitrogens is 1. The molecule has 1 aromatic carbocycles. The van der Waals surface area contributed by atoms with Crippen LogP contribution in [0.3, 0.4) is 0 Å². The molecule has 1 atom stereocenters. The molecule has 0 bridgehead atoms. The number of carbonyl (C=O) groups excluding carboxylic acids is 1. The first-order valence-electron chi connectivity index (χ1n) is 7.56. The van der Waals surface area contributed by atoms with E-state index in [4.69, 9.17) is 0 Å². The summed E-state index contributed by atoms with van der Waals surface area (Å²) in [5.74, 6) is -0.515. The van der Waals surface area contributed by atoms with Crippen molar-refractivity contribution in [3.05, 3.63) is 41.7 Å². The molecular formula is C16H20N4O3S. The normalized spacial score (nSPS) is 12.1. The van der Waals surface area contributed by atoms with Crippen molar-refractivity contribution in [1.82, 2.24) is 20.5 Å². The number of hydrogen-bond acceptors (Lipinski definition) is 5. The van der Waals surface area contributed by atoms with Crippen molar-refractivity contribution < 1.29 is 14.7 Å². The van der Waals surface area contributed by atoms with Gasteiger partial charge in [-0.05, 0) is 30.0 Å². The number of rotatable bonds is 8. The third kappa shape index (κ3) is 5.38. The summed E-state index contributed by atoms with van der Waals surface area (Å²) in [6.07, 6.45) is 1.85. The Morgan fingerprint density at radius 1 is 1.29 bits per heavy atom. The maximum Gasteiger partial charge on any atom is 0.326 e. The molecule has 1 heterocycles. The molecular weight excluding hydrogens is 328 g/mol. The number of aromatic amines is 1. The molecule has 8 heteroatoms. The Morgan fingerprint density at radius 2 is 2.00 bits per heavy atom. The number of benzene rings is 1. The Labute approximate surface area is 144 Å².